The number of ether oxygens (including phenoxy) is 1. The van der Waals surface area contributed by atoms with Crippen molar-refractivity contribution in [3.05, 3.63) is 53.7 Å². The number of aromatic nitrogens is 1. The number of furan rings is 1. The Morgan fingerprint density at radius 1 is 1.26 bits per heavy atom. The first-order valence-corrected chi connectivity index (χ1v) is 6.04. The lowest BCUT2D eigenvalue weighted by atomic mass is 10.1. The summed E-state index contributed by atoms with van der Waals surface area (Å²) in [4.78, 5) is 14.6. The molecule has 0 aliphatic rings. The smallest absolute Gasteiger partial charge is 0.371 e. The quantitative estimate of drug-likeness (QED) is 0.775. The molecular weight excluding hydrogens is 246 g/mol. The molecule has 0 saturated heterocycles. The molecule has 0 saturated carbocycles. The van der Waals surface area contributed by atoms with Crippen LogP contribution >= 0.6 is 0 Å². The highest BCUT2D eigenvalue weighted by Gasteiger charge is 2.08. The van der Waals surface area contributed by atoms with Gasteiger partial charge in [-0.05, 0) is 42.7 Å². The van der Waals surface area contributed by atoms with Gasteiger partial charge in [0.25, 0.3) is 0 Å². The van der Waals surface area contributed by atoms with E-state index in [2.05, 4.69) is 4.98 Å². The molecule has 5 nitrogen and oxygen atoms in total. The highest BCUT2D eigenvalue weighted by atomic mass is 16.5. The third kappa shape index (κ3) is 4.22. The van der Waals surface area contributed by atoms with E-state index in [4.69, 9.17) is 14.3 Å². The van der Waals surface area contributed by atoms with Crippen LogP contribution in [0.15, 0.2) is 41.1 Å². The first kappa shape index (κ1) is 13.3. The monoisotopic (exact) mass is 261 g/mol. The van der Waals surface area contributed by atoms with Crippen LogP contribution in [-0.4, -0.2) is 22.7 Å². The minimum absolute atomic E-state index is 0.0598. The highest BCUT2D eigenvalue weighted by Crippen LogP contribution is 2.09. The predicted octanol–water partition coefficient (Wildman–Crippen LogP) is 2.52. The number of carboxylic acids is 1. The Labute approximate surface area is 110 Å². The van der Waals surface area contributed by atoms with Crippen LogP contribution in [0.5, 0.6) is 0 Å². The minimum Gasteiger partial charge on any atom is -0.475 e. The third-order valence-electron chi connectivity index (χ3n) is 2.62. The number of hydrogen-bond acceptors (Lipinski definition) is 4. The standard InChI is InChI=1S/C14H15NO4/c16-14(17)13-4-3-12(19-13)10-18-9-1-2-11-5-7-15-8-6-11/h3-8H,1-2,9-10H2,(H,16,17). The van der Waals surface area contributed by atoms with E-state index < -0.39 is 5.97 Å². The first-order valence-electron chi connectivity index (χ1n) is 6.04. The number of rotatable bonds is 7. The summed E-state index contributed by atoms with van der Waals surface area (Å²) in [6.45, 7) is 0.898. The van der Waals surface area contributed by atoms with Gasteiger partial charge in [0.15, 0.2) is 0 Å². The minimum atomic E-state index is -1.07. The summed E-state index contributed by atoms with van der Waals surface area (Å²) in [5.41, 5.74) is 1.23. The molecule has 0 unspecified atom stereocenters. The summed E-state index contributed by atoms with van der Waals surface area (Å²) < 4.78 is 10.5. The van der Waals surface area contributed by atoms with Crippen LogP contribution in [0.1, 0.15) is 28.3 Å². The van der Waals surface area contributed by atoms with Gasteiger partial charge in [-0.2, -0.15) is 0 Å². The average Bonchev–Trinajstić information content (AvgIpc) is 2.89. The molecular formula is C14H15NO4. The molecule has 0 aliphatic carbocycles. The van der Waals surface area contributed by atoms with E-state index in [9.17, 15) is 4.79 Å². The molecule has 0 aromatic carbocycles. The Morgan fingerprint density at radius 2 is 2.05 bits per heavy atom. The molecule has 2 heterocycles. The van der Waals surface area contributed by atoms with E-state index in [-0.39, 0.29) is 5.76 Å². The fraction of sp³-hybridized carbons (Fsp3) is 0.286. The normalized spacial score (nSPS) is 10.5. The summed E-state index contributed by atoms with van der Waals surface area (Å²) in [6, 6.07) is 7.00. The van der Waals surface area contributed by atoms with Gasteiger partial charge < -0.3 is 14.3 Å². The van der Waals surface area contributed by atoms with Gasteiger partial charge in [0.05, 0.1) is 0 Å². The van der Waals surface area contributed by atoms with Crippen LogP contribution in [-0.2, 0) is 17.8 Å². The highest BCUT2D eigenvalue weighted by molar-refractivity contribution is 5.84. The van der Waals surface area contributed by atoms with E-state index in [0.717, 1.165) is 12.8 Å². The van der Waals surface area contributed by atoms with Crippen molar-refractivity contribution < 1.29 is 19.1 Å². The van der Waals surface area contributed by atoms with Crippen molar-refractivity contribution in [1.82, 2.24) is 4.98 Å². The molecule has 0 aliphatic heterocycles. The van der Waals surface area contributed by atoms with Crippen LogP contribution in [0.2, 0.25) is 0 Å². The van der Waals surface area contributed by atoms with E-state index in [1.165, 1.54) is 11.6 Å². The van der Waals surface area contributed by atoms with Crippen LogP contribution < -0.4 is 0 Å². The summed E-state index contributed by atoms with van der Waals surface area (Å²) >= 11 is 0. The van der Waals surface area contributed by atoms with Crippen molar-refractivity contribution in [1.29, 1.82) is 0 Å². The van der Waals surface area contributed by atoms with Gasteiger partial charge in [-0.15, -0.1) is 0 Å². The van der Waals surface area contributed by atoms with E-state index >= 15 is 0 Å². The SMILES string of the molecule is O=C(O)c1ccc(COCCCc2ccncc2)o1. The summed E-state index contributed by atoms with van der Waals surface area (Å²) in [7, 11) is 0. The Bertz CT molecular complexity index is 521. The third-order valence-corrected chi connectivity index (χ3v) is 2.62. The molecule has 19 heavy (non-hydrogen) atoms. The van der Waals surface area contributed by atoms with Crippen molar-refractivity contribution in [3.63, 3.8) is 0 Å². The van der Waals surface area contributed by atoms with Gasteiger partial charge in [0.1, 0.15) is 12.4 Å². The lowest BCUT2D eigenvalue weighted by Gasteiger charge is -2.02. The van der Waals surface area contributed by atoms with Crippen LogP contribution in [0.4, 0.5) is 0 Å². The second kappa shape index (κ2) is 6.70. The van der Waals surface area contributed by atoms with Gasteiger partial charge in [-0.1, -0.05) is 0 Å². The second-order valence-electron chi connectivity index (χ2n) is 4.08. The Balaban J connectivity index is 1.65. The Hall–Kier alpha value is -2.14. The van der Waals surface area contributed by atoms with Gasteiger partial charge in [0, 0.05) is 19.0 Å². The maximum atomic E-state index is 10.6. The summed E-state index contributed by atoms with van der Waals surface area (Å²) in [5, 5.41) is 8.69. The molecule has 0 amide bonds. The van der Waals surface area contributed by atoms with Crippen molar-refractivity contribution in [2.24, 2.45) is 0 Å². The van der Waals surface area contributed by atoms with Gasteiger partial charge >= 0.3 is 5.97 Å². The van der Waals surface area contributed by atoms with Crippen molar-refractivity contribution in [2.45, 2.75) is 19.4 Å². The molecule has 0 bridgehead atoms. The Morgan fingerprint density at radius 3 is 2.74 bits per heavy atom. The van der Waals surface area contributed by atoms with Crippen molar-refractivity contribution >= 4 is 5.97 Å². The second-order valence-corrected chi connectivity index (χ2v) is 4.08. The molecule has 2 aromatic rings. The maximum absolute atomic E-state index is 10.6. The molecule has 2 aromatic heterocycles. The number of aromatic carboxylic acids is 1. The number of carboxylic acid groups (broad SMARTS) is 1. The zero-order chi connectivity index (χ0) is 13.5. The van der Waals surface area contributed by atoms with E-state index in [0.29, 0.717) is 19.0 Å². The number of carbonyl (C=O) groups is 1. The molecule has 100 valence electrons. The van der Waals surface area contributed by atoms with Crippen molar-refractivity contribution in [3.8, 4) is 0 Å². The lowest BCUT2D eigenvalue weighted by Crippen LogP contribution is -1.97. The molecule has 5 heteroatoms. The van der Waals surface area contributed by atoms with E-state index in [1.807, 2.05) is 12.1 Å². The van der Waals surface area contributed by atoms with Gasteiger partial charge in [0.2, 0.25) is 5.76 Å². The van der Waals surface area contributed by atoms with Crippen LogP contribution in [0.25, 0.3) is 0 Å². The number of nitrogens with zero attached hydrogens (tertiary/aromatic N) is 1. The zero-order valence-electron chi connectivity index (χ0n) is 10.4. The van der Waals surface area contributed by atoms with Crippen molar-refractivity contribution in [2.75, 3.05) is 6.61 Å². The Kier molecular flexibility index (Phi) is 4.69. The molecule has 1 N–H and O–H groups in total. The summed E-state index contributed by atoms with van der Waals surface area (Å²) in [5.74, 6) is -0.597. The molecule has 0 fully saturated rings. The van der Waals surface area contributed by atoms with Crippen LogP contribution in [0.3, 0.4) is 0 Å². The largest absolute Gasteiger partial charge is 0.475 e. The van der Waals surface area contributed by atoms with Gasteiger partial charge in [-0.3, -0.25) is 4.98 Å². The van der Waals surface area contributed by atoms with Gasteiger partial charge in [-0.25, -0.2) is 4.79 Å². The molecule has 0 radical (unpaired) electrons. The fourth-order valence-corrected chi connectivity index (χ4v) is 1.67. The maximum Gasteiger partial charge on any atom is 0.371 e. The van der Waals surface area contributed by atoms with Crippen LogP contribution in [0, 0.1) is 0 Å². The molecule has 2 rings (SSSR count). The number of aryl methyl sites for hydroxylation is 1. The number of hydrogen-bond donors (Lipinski definition) is 1. The molecule has 0 spiro atoms. The fourth-order valence-electron chi connectivity index (χ4n) is 1.67. The number of pyridine rings is 1. The zero-order valence-corrected chi connectivity index (χ0v) is 10.4. The summed E-state index contributed by atoms with van der Waals surface area (Å²) in [6.07, 6.45) is 5.37. The average molecular weight is 261 g/mol. The first-order chi connectivity index (χ1) is 9.25. The topological polar surface area (TPSA) is 72.6 Å². The molecule has 0 atom stereocenters. The lowest BCUT2D eigenvalue weighted by molar-refractivity contribution is 0.0646. The van der Waals surface area contributed by atoms with E-state index in [1.54, 1.807) is 18.5 Å². The predicted molar refractivity (Wildman–Crippen MR) is 67.9 cm³/mol.